The summed E-state index contributed by atoms with van der Waals surface area (Å²) in [6.07, 6.45) is -0.533. The maximum absolute atomic E-state index is 9.73. The molecule has 0 aliphatic carbocycles. The fourth-order valence-electron chi connectivity index (χ4n) is 3.44. The predicted octanol–water partition coefficient (Wildman–Crippen LogP) is 3.99. The van der Waals surface area contributed by atoms with Gasteiger partial charge in [0.2, 0.25) is 0 Å². The van der Waals surface area contributed by atoms with Gasteiger partial charge in [0.15, 0.2) is 0 Å². The van der Waals surface area contributed by atoms with E-state index in [2.05, 4.69) is 46.2 Å². The first kappa shape index (κ1) is 18.7. The fourth-order valence-corrected chi connectivity index (χ4v) is 3.76. The summed E-state index contributed by atoms with van der Waals surface area (Å²) in [4.78, 5) is 4.62. The Balaban J connectivity index is 1.81. The molecule has 25 heavy (non-hydrogen) atoms. The maximum Gasteiger partial charge on any atom is 0.111 e. The maximum atomic E-state index is 9.73. The summed E-state index contributed by atoms with van der Waals surface area (Å²) < 4.78 is 0. The molecule has 3 unspecified atom stereocenters. The van der Waals surface area contributed by atoms with E-state index < -0.39 is 6.10 Å². The number of piperazine rings is 1. The van der Waals surface area contributed by atoms with Gasteiger partial charge in [-0.1, -0.05) is 54.1 Å². The third kappa shape index (κ3) is 4.55. The molecule has 1 saturated heterocycles. The first-order valence-electron chi connectivity index (χ1n) is 8.67. The molecule has 3 nitrogen and oxygen atoms in total. The summed E-state index contributed by atoms with van der Waals surface area (Å²) in [7, 11) is 0. The van der Waals surface area contributed by atoms with E-state index in [4.69, 9.17) is 23.2 Å². The summed E-state index contributed by atoms with van der Waals surface area (Å²) in [5, 5.41) is 10.5. The molecule has 1 N–H and O–H groups in total. The van der Waals surface area contributed by atoms with Gasteiger partial charge in [-0.15, -0.1) is 11.6 Å². The van der Waals surface area contributed by atoms with Crippen LogP contribution in [0, 0.1) is 0 Å². The number of nitrogens with zero attached hydrogens (tertiary/aromatic N) is 2. The summed E-state index contributed by atoms with van der Waals surface area (Å²) in [5.74, 6) is 0. The van der Waals surface area contributed by atoms with Crippen LogP contribution in [0.3, 0.4) is 0 Å². The van der Waals surface area contributed by atoms with E-state index in [0.717, 1.165) is 31.2 Å². The lowest BCUT2D eigenvalue weighted by Crippen LogP contribution is -2.52. The van der Waals surface area contributed by atoms with Crippen molar-refractivity contribution < 1.29 is 5.11 Å². The Morgan fingerprint density at radius 2 is 1.36 bits per heavy atom. The highest BCUT2D eigenvalue weighted by Gasteiger charge is 2.29. The quantitative estimate of drug-likeness (QED) is 0.629. The van der Waals surface area contributed by atoms with Crippen molar-refractivity contribution >= 4 is 23.2 Å². The van der Waals surface area contributed by atoms with Gasteiger partial charge in [0.05, 0.1) is 12.1 Å². The first-order chi connectivity index (χ1) is 12.1. The Hall–Kier alpha value is -1.10. The molecule has 0 bridgehead atoms. The van der Waals surface area contributed by atoms with E-state index in [1.807, 2.05) is 18.2 Å². The summed E-state index contributed by atoms with van der Waals surface area (Å²) in [6, 6.07) is 18.8. The lowest BCUT2D eigenvalue weighted by atomic mass is 9.96. The minimum absolute atomic E-state index is 0.195. The average molecular weight is 379 g/mol. The van der Waals surface area contributed by atoms with Crippen molar-refractivity contribution in [2.24, 2.45) is 0 Å². The minimum atomic E-state index is -0.533. The lowest BCUT2D eigenvalue weighted by molar-refractivity contribution is 0.0526. The van der Waals surface area contributed by atoms with Crippen LogP contribution in [0.25, 0.3) is 0 Å². The number of hydrogen-bond acceptors (Lipinski definition) is 3. The SMILES string of the molecule is CC(O)C(Cl)N1CCN(C(c2ccccc2)c2ccc(Cl)cc2)CC1. The molecule has 5 heteroatoms. The van der Waals surface area contributed by atoms with Gasteiger partial charge < -0.3 is 5.11 Å². The van der Waals surface area contributed by atoms with Crippen LogP contribution in [0.15, 0.2) is 54.6 Å². The molecule has 1 heterocycles. The summed E-state index contributed by atoms with van der Waals surface area (Å²) in [5.41, 5.74) is 2.19. The Bertz CT molecular complexity index is 655. The van der Waals surface area contributed by atoms with Crippen LogP contribution in [0.1, 0.15) is 24.1 Å². The van der Waals surface area contributed by atoms with Gasteiger partial charge in [0, 0.05) is 31.2 Å². The van der Waals surface area contributed by atoms with Gasteiger partial charge in [-0.05, 0) is 30.2 Å². The van der Waals surface area contributed by atoms with E-state index in [1.165, 1.54) is 11.1 Å². The van der Waals surface area contributed by atoms with Gasteiger partial charge in [0.1, 0.15) is 5.50 Å². The molecule has 3 atom stereocenters. The number of hydrogen-bond donors (Lipinski definition) is 1. The van der Waals surface area contributed by atoms with Crippen molar-refractivity contribution in [3.63, 3.8) is 0 Å². The Morgan fingerprint density at radius 1 is 0.840 bits per heavy atom. The van der Waals surface area contributed by atoms with Gasteiger partial charge in [0.25, 0.3) is 0 Å². The van der Waals surface area contributed by atoms with E-state index in [-0.39, 0.29) is 11.5 Å². The molecule has 134 valence electrons. The van der Waals surface area contributed by atoms with E-state index in [9.17, 15) is 5.11 Å². The molecule has 2 aromatic rings. The van der Waals surface area contributed by atoms with E-state index >= 15 is 0 Å². The zero-order chi connectivity index (χ0) is 17.8. The van der Waals surface area contributed by atoms with E-state index in [1.54, 1.807) is 6.92 Å². The lowest BCUT2D eigenvalue weighted by Gasteiger charge is -2.41. The number of alkyl halides is 1. The predicted molar refractivity (Wildman–Crippen MR) is 104 cm³/mol. The van der Waals surface area contributed by atoms with Crippen LogP contribution in [0.4, 0.5) is 0 Å². The highest BCUT2D eigenvalue weighted by atomic mass is 35.5. The molecule has 1 fully saturated rings. The fraction of sp³-hybridized carbons (Fsp3) is 0.400. The third-order valence-electron chi connectivity index (χ3n) is 4.76. The zero-order valence-electron chi connectivity index (χ0n) is 14.4. The highest BCUT2D eigenvalue weighted by Crippen LogP contribution is 2.30. The molecule has 2 aromatic carbocycles. The number of aliphatic hydroxyl groups excluding tert-OH is 1. The summed E-state index contributed by atoms with van der Waals surface area (Å²) >= 11 is 12.4. The topological polar surface area (TPSA) is 26.7 Å². The molecule has 0 aromatic heterocycles. The smallest absolute Gasteiger partial charge is 0.111 e. The second-order valence-corrected chi connectivity index (χ2v) is 7.43. The molecule has 0 spiro atoms. The van der Waals surface area contributed by atoms with Crippen molar-refractivity contribution in [3.05, 3.63) is 70.7 Å². The number of benzene rings is 2. The zero-order valence-corrected chi connectivity index (χ0v) is 15.9. The Labute approximate surface area is 159 Å². The van der Waals surface area contributed by atoms with E-state index in [0.29, 0.717) is 0 Å². The second kappa shape index (κ2) is 8.52. The van der Waals surface area contributed by atoms with Crippen LogP contribution < -0.4 is 0 Å². The van der Waals surface area contributed by atoms with Crippen molar-refractivity contribution in [3.8, 4) is 0 Å². The van der Waals surface area contributed by atoms with Crippen molar-refractivity contribution in [2.45, 2.75) is 24.6 Å². The Kier molecular flexibility index (Phi) is 6.37. The third-order valence-corrected chi connectivity index (χ3v) is 5.65. The molecular weight excluding hydrogens is 355 g/mol. The number of halogens is 2. The second-order valence-electron chi connectivity index (χ2n) is 6.55. The molecule has 1 aliphatic rings. The molecule has 1 aliphatic heterocycles. The molecule has 0 amide bonds. The van der Waals surface area contributed by atoms with Crippen LogP contribution in [-0.2, 0) is 0 Å². The number of aliphatic hydroxyl groups is 1. The van der Waals surface area contributed by atoms with Crippen molar-refractivity contribution in [2.75, 3.05) is 26.2 Å². The molecular formula is C20H24Cl2N2O. The standard InChI is InChI=1S/C20H24Cl2N2O/c1-15(25)20(22)24-13-11-23(12-14-24)19(16-5-3-2-4-6-16)17-7-9-18(21)10-8-17/h2-10,15,19-20,25H,11-14H2,1H3. The number of rotatable bonds is 5. The van der Waals surface area contributed by atoms with Crippen molar-refractivity contribution in [1.82, 2.24) is 9.80 Å². The average Bonchev–Trinajstić information content (AvgIpc) is 2.64. The van der Waals surface area contributed by atoms with Gasteiger partial charge in [-0.2, -0.15) is 0 Å². The monoisotopic (exact) mass is 378 g/mol. The van der Waals surface area contributed by atoms with Gasteiger partial charge >= 0.3 is 0 Å². The Morgan fingerprint density at radius 3 is 1.92 bits per heavy atom. The molecule has 0 saturated carbocycles. The first-order valence-corrected chi connectivity index (χ1v) is 9.48. The van der Waals surface area contributed by atoms with Crippen LogP contribution >= 0.6 is 23.2 Å². The molecule has 3 rings (SSSR count). The highest BCUT2D eigenvalue weighted by molar-refractivity contribution is 6.30. The molecule has 0 radical (unpaired) electrons. The van der Waals surface area contributed by atoms with Gasteiger partial charge in [-0.3, -0.25) is 9.80 Å². The minimum Gasteiger partial charge on any atom is -0.390 e. The van der Waals surface area contributed by atoms with Crippen LogP contribution in [0.2, 0.25) is 5.02 Å². The van der Waals surface area contributed by atoms with Crippen molar-refractivity contribution in [1.29, 1.82) is 0 Å². The largest absolute Gasteiger partial charge is 0.390 e. The summed E-state index contributed by atoms with van der Waals surface area (Å²) in [6.45, 7) is 5.23. The normalized spacial score (nSPS) is 20.2. The van der Waals surface area contributed by atoms with Gasteiger partial charge in [-0.25, -0.2) is 0 Å². The van der Waals surface area contributed by atoms with Crippen LogP contribution in [0.5, 0.6) is 0 Å². The van der Waals surface area contributed by atoms with Crippen LogP contribution in [-0.4, -0.2) is 52.7 Å².